The molecule has 5 nitrogen and oxygen atoms in total. The Hall–Kier alpha value is -3.21. The Labute approximate surface area is 169 Å². The molecule has 0 radical (unpaired) electrons. The number of phenols is 3. The van der Waals surface area contributed by atoms with Crippen molar-refractivity contribution in [1.29, 1.82) is 0 Å². The van der Waals surface area contributed by atoms with Crippen LogP contribution >= 0.6 is 0 Å². The van der Waals surface area contributed by atoms with Crippen molar-refractivity contribution in [3.63, 3.8) is 0 Å². The van der Waals surface area contributed by atoms with Crippen molar-refractivity contribution in [2.75, 3.05) is 0 Å². The zero-order chi connectivity index (χ0) is 21.5. The first-order chi connectivity index (χ1) is 13.6. The number of pyridine rings is 1. The first-order valence-corrected chi connectivity index (χ1v) is 9.61. The third kappa shape index (κ3) is 3.48. The third-order valence-electron chi connectivity index (χ3n) is 5.20. The van der Waals surface area contributed by atoms with Crippen molar-refractivity contribution >= 4 is 21.8 Å². The molecule has 0 saturated heterocycles. The second-order valence-corrected chi connectivity index (χ2v) is 7.91. The lowest BCUT2D eigenvalue weighted by atomic mass is 9.95. The minimum Gasteiger partial charge on any atom is -0.507 e. The van der Waals surface area contributed by atoms with Crippen molar-refractivity contribution < 1.29 is 15.3 Å². The SMILES string of the molecule is CC(C)=CCc1c(O)c(CC=C(C)C)c2c(c1O)c(=O)c1cccc(O)c1n2C. The van der Waals surface area contributed by atoms with E-state index in [1.165, 1.54) is 6.07 Å². The Balaban J connectivity index is 2.57. The van der Waals surface area contributed by atoms with Crippen molar-refractivity contribution in [3.05, 3.63) is 62.8 Å². The van der Waals surface area contributed by atoms with Gasteiger partial charge in [0.15, 0.2) is 0 Å². The standard InChI is InChI=1S/C24H27NO4/c1-13(2)9-11-16-21-19(24(29)17(22(16)27)12-10-14(3)4)23(28)15-7-6-8-18(26)20(15)25(21)5/h6-10,26-27,29H,11-12H2,1-5H3. The van der Waals surface area contributed by atoms with Crippen LogP contribution in [-0.2, 0) is 19.9 Å². The van der Waals surface area contributed by atoms with Crippen molar-refractivity contribution in [2.45, 2.75) is 40.5 Å². The fraction of sp³-hybridized carbons (Fsp3) is 0.292. The summed E-state index contributed by atoms with van der Waals surface area (Å²) in [5.41, 5.74) is 3.46. The Morgan fingerprint density at radius 3 is 2.07 bits per heavy atom. The highest BCUT2D eigenvalue weighted by Gasteiger charge is 2.23. The number of para-hydroxylation sites is 1. The zero-order valence-corrected chi connectivity index (χ0v) is 17.5. The van der Waals surface area contributed by atoms with Crippen LogP contribution in [0.15, 0.2) is 46.3 Å². The van der Waals surface area contributed by atoms with E-state index in [0.717, 1.165) is 11.1 Å². The maximum atomic E-state index is 13.3. The summed E-state index contributed by atoms with van der Waals surface area (Å²) >= 11 is 0. The van der Waals surface area contributed by atoms with E-state index in [1.54, 1.807) is 23.7 Å². The van der Waals surface area contributed by atoms with Crippen molar-refractivity contribution in [2.24, 2.45) is 7.05 Å². The number of aryl methyl sites for hydroxylation is 1. The Morgan fingerprint density at radius 2 is 1.48 bits per heavy atom. The van der Waals surface area contributed by atoms with Crippen LogP contribution in [0.4, 0.5) is 0 Å². The van der Waals surface area contributed by atoms with Gasteiger partial charge in [0.25, 0.3) is 0 Å². The average molecular weight is 393 g/mol. The molecule has 0 bridgehead atoms. The Morgan fingerprint density at radius 1 is 0.897 bits per heavy atom. The molecule has 3 rings (SSSR count). The summed E-state index contributed by atoms with van der Waals surface area (Å²) in [6.07, 6.45) is 4.59. The molecule has 152 valence electrons. The minimum atomic E-state index is -0.363. The summed E-state index contributed by atoms with van der Waals surface area (Å²) in [4.78, 5) is 13.3. The number of benzene rings is 2. The van der Waals surface area contributed by atoms with Crippen LogP contribution in [0.2, 0.25) is 0 Å². The van der Waals surface area contributed by atoms with E-state index >= 15 is 0 Å². The molecule has 0 aliphatic rings. The van der Waals surface area contributed by atoms with Gasteiger partial charge >= 0.3 is 0 Å². The van der Waals surface area contributed by atoms with Gasteiger partial charge in [-0.15, -0.1) is 0 Å². The first kappa shape index (κ1) is 20.5. The van der Waals surface area contributed by atoms with Crippen LogP contribution in [0, 0.1) is 0 Å². The van der Waals surface area contributed by atoms with Gasteiger partial charge in [-0.1, -0.05) is 29.4 Å². The van der Waals surface area contributed by atoms with Crippen LogP contribution in [0.1, 0.15) is 38.8 Å². The third-order valence-corrected chi connectivity index (χ3v) is 5.20. The molecule has 2 aromatic carbocycles. The molecule has 0 aliphatic carbocycles. The summed E-state index contributed by atoms with van der Waals surface area (Å²) in [7, 11) is 1.73. The van der Waals surface area contributed by atoms with Gasteiger partial charge in [-0.2, -0.15) is 0 Å². The van der Waals surface area contributed by atoms with E-state index in [9.17, 15) is 20.1 Å². The van der Waals surface area contributed by atoms with Gasteiger partial charge in [0.05, 0.1) is 21.8 Å². The van der Waals surface area contributed by atoms with Crippen LogP contribution in [0.5, 0.6) is 17.2 Å². The fourth-order valence-corrected chi connectivity index (χ4v) is 3.72. The summed E-state index contributed by atoms with van der Waals surface area (Å²) in [6, 6.07) is 4.76. The highest BCUT2D eigenvalue weighted by Crippen LogP contribution is 2.41. The lowest BCUT2D eigenvalue weighted by Crippen LogP contribution is -2.12. The van der Waals surface area contributed by atoms with Crippen LogP contribution in [-0.4, -0.2) is 19.9 Å². The molecular weight excluding hydrogens is 366 g/mol. The summed E-state index contributed by atoms with van der Waals surface area (Å²) in [5, 5.41) is 32.9. The van der Waals surface area contributed by atoms with Gasteiger partial charge in [0, 0.05) is 18.2 Å². The number of aromatic nitrogens is 1. The molecule has 3 aromatic rings. The van der Waals surface area contributed by atoms with Gasteiger partial charge in [-0.25, -0.2) is 0 Å². The quantitative estimate of drug-likeness (QED) is 0.438. The van der Waals surface area contributed by atoms with E-state index in [-0.39, 0.29) is 28.1 Å². The second-order valence-electron chi connectivity index (χ2n) is 7.91. The lowest BCUT2D eigenvalue weighted by molar-refractivity contribution is 0.441. The Kier molecular flexibility index (Phi) is 5.42. The summed E-state index contributed by atoms with van der Waals surface area (Å²) in [5.74, 6) is -0.249. The van der Waals surface area contributed by atoms with Crippen molar-refractivity contribution in [1.82, 2.24) is 4.57 Å². The second kappa shape index (κ2) is 7.66. The predicted molar refractivity (Wildman–Crippen MR) is 118 cm³/mol. The topological polar surface area (TPSA) is 82.7 Å². The number of hydrogen-bond donors (Lipinski definition) is 3. The number of nitrogens with zero attached hydrogens (tertiary/aromatic N) is 1. The van der Waals surface area contributed by atoms with Gasteiger partial charge in [0.2, 0.25) is 5.43 Å². The molecule has 5 heteroatoms. The van der Waals surface area contributed by atoms with Gasteiger partial charge in [-0.3, -0.25) is 4.79 Å². The smallest absolute Gasteiger partial charge is 0.201 e. The van der Waals surface area contributed by atoms with Gasteiger partial charge in [-0.05, 0) is 52.7 Å². The molecule has 1 aromatic heterocycles. The largest absolute Gasteiger partial charge is 0.507 e. The molecule has 0 saturated carbocycles. The fourth-order valence-electron chi connectivity index (χ4n) is 3.72. The molecule has 0 aliphatic heterocycles. The molecule has 0 fully saturated rings. The van der Waals surface area contributed by atoms with E-state index in [2.05, 4.69) is 0 Å². The monoisotopic (exact) mass is 393 g/mol. The van der Waals surface area contributed by atoms with Crippen LogP contribution in [0.25, 0.3) is 21.8 Å². The number of rotatable bonds is 4. The molecule has 29 heavy (non-hydrogen) atoms. The molecule has 3 N–H and O–H groups in total. The molecule has 0 amide bonds. The molecular formula is C24H27NO4. The zero-order valence-electron chi connectivity index (χ0n) is 17.5. The number of phenolic OH excluding ortho intramolecular Hbond substituents is 3. The Bertz CT molecular complexity index is 1240. The number of allylic oxidation sites excluding steroid dienone is 4. The van der Waals surface area contributed by atoms with Gasteiger partial charge < -0.3 is 19.9 Å². The maximum Gasteiger partial charge on any atom is 0.201 e. The lowest BCUT2D eigenvalue weighted by Gasteiger charge is -2.19. The van der Waals surface area contributed by atoms with E-state index < -0.39 is 0 Å². The molecule has 0 spiro atoms. The molecule has 1 heterocycles. The summed E-state index contributed by atoms with van der Waals surface area (Å²) < 4.78 is 1.68. The maximum absolute atomic E-state index is 13.3. The minimum absolute atomic E-state index is 0.0187. The van der Waals surface area contributed by atoms with E-state index in [1.807, 2.05) is 39.8 Å². The first-order valence-electron chi connectivity index (χ1n) is 9.61. The van der Waals surface area contributed by atoms with E-state index in [0.29, 0.717) is 40.4 Å². The normalized spacial score (nSPS) is 11.1. The number of hydrogen-bond acceptors (Lipinski definition) is 4. The average Bonchev–Trinajstić information content (AvgIpc) is 2.64. The predicted octanol–water partition coefficient (Wildman–Crippen LogP) is 4.83. The number of aromatic hydroxyl groups is 3. The highest BCUT2D eigenvalue weighted by molar-refractivity contribution is 6.01. The van der Waals surface area contributed by atoms with Crippen molar-refractivity contribution in [3.8, 4) is 17.2 Å². The van der Waals surface area contributed by atoms with Crippen LogP contribution < -0.4 is 5.43 Å². The molecule has 0 unspecified atom stereocenters. The van der Waals surface area contributed by atoms with E-state index in [4.69, 9.17) is 0 Å². The van der Waals surface area contributed by atoms with Crippen LogP contribution in [0.3, 0.4) is 0 Å². The molecule has 0 atom stereocenters. The number of fused-ring (bicyclic) bond motifs is 2. The summed E-state index contributed by atoms with van der Waals surface area (Å²) in [6.45, 7) is 7.80. The van der Waals surface area contributed by atoms with Gasteiger partial charge in [0.1, 0.15) is 17.2 Å². The highest BCUT2D eigenvalue weighted by atomic mass is 16.3.